The van der Waals surface area contributed by atoms with Crippen molar-refractivity contribution < 1.29 is 21.7 Å². The van der Waals surface area contributed by atoms with Gasteiger partial charge in [0, 0.05) is 33.6 Å². The Morgan fingerprint density at radius 2 is 0.550 bits per heavy atom. The average Bonchev–Trinajstić information content (AvgIpc) is 3.70. The topological polar surface area (TPSA) is 0 Å². The zero-order chi connectivity index (χ0) is 29.4. The van der Waals surface area contributed by atoms with Gasteiger partial charge in [0.05, 0.1) is 0 Å². The predicted molar refractivity (Wildman–Crippen MR) is 176 cm³/mol. The largest absolute Gasteiger partial charge is 0.116 e. The second kappa shape index (κ2) is 17.6. The van der Waals surface area contributed by atoms with Crippen molar-refractivity contribution in [2.24, 2.45) is 0 Å². The Morgan fingerprint density at radius 3 is 0.725 bits per heavy atom. The van der Waals surface area contributed by atoms with Gasteiger partial charge in [-0.1, -0.05) is 130 Å². The van der Waals surface area contributed by atoms with Gasteiger partial charge in [0.15, 0.2) is 0 Å². The monoisotopic (exact) mass is 586 g/mol. The normalized spacial score (nSPS) is 21.4. The molecule has 2 heteroatoms. The third-order valence-electron chi connectivity index (χ3n) is 8.46. The van der Waals surface area contributed by atoms with Crippen LogP contribution in [0.3, 0.4) is 0 Å². The number of hydrogen-bond acceptors (Lipinski definition) is 0. The fraction of sp³-hybridized carbons (Fsp3) is 0.368. The van der Waals surface area contributed by atoms with E-state index >= 15 is 0 Å². The van der Waals surface area contributed by atoms with Gasteiger partial charge in [0.2, 0.25) is 0 Å². The van der Waals surface area contributed by atoms with Crippen LogP contribution >= 0.6 is 7.92 Å². The molecular formula is C38H51PTi. The molecule has 0 spiro atoms. The molecule has 2 aromatic carbocycles. The maximum atomic E-state index is 2.23. The van der Waals surface area contributed by atoms with E-state index in [4.69, 9.17) is 0 Å². The average molecular weight is 587 g/mol. The number of rotatable bonds is 2. The summed E-state index contributed by atoms with van der Waals surface area (Å²) >= 11 is 0. The number of benzene rings is 2. The molecule has 0 bridgehead atoms. The van der Waals surface area contributed by atoms with E-state index in [-0.39, 0.29) is 21.7 Å². The van der Waals surface area contributed by atoms with Gasteiger partial charge < -0.3 is 0 Å². The minimum atomic E-state index is 0. The van der Waals surface area contributed by atoms with Gasteiger partial charge in [-0.25, -0.2) is 0 Å². The molecule has 0 aromatic heterocycles. The summed E-state index contributed by atoms with van der Waals surface area (Å²) in [5, 5.41) is 0. The summed E-state index contributed by atoms with van der Waals surface area (Å²) in [4.78, 5) is 0. The van der Waals surface area contributed by atoms with Crippen LogP contribution in [-0.4, -0.2) is 20.0 Å². The van der Waals surface area contributed by atoms with Crippen LogP contribution in [0.15, 0.2) is 60.7 Å². The summed E-state index contributed by atoms with van der Waals surface area (Å²) in [6.07, 6.45) is 1.15. The minimum Gasteiger partial charge on any atom is -0.116 e. The maximum absolute atomic E-state index is 2.23. The SMILES string of the molecule is CP(C)C.C[C]1[C](C)[C](C)[C](C)[C]1C.C[C]1[C](C)[C](C)[C](C)[C]1C.[Ti].c1ccc([C]2C[C]2c2ccccc2)cc1. The van der Waals surface area contributed by atoms with Gasteiger partial charge in [0.25, 0.3) is 0 Å². The third-order valence-corrected chi connectivity index (χ3v) is 8.46. The molecule has 3 aliphatic rings. The molecule has 5 rings (SSSR count). The van der Waals surface area contributed by atoms with Crippen LogP contribution in [0.4, 0.5) is 0 Å². The van der Waals surface area contributed by atoms with E-state index in [0.717, 1.165) is 6.42 Å². The van der Waals surface area contributed by atoms with Crippen molar-refractivity contribution >= 4 is 7.92 Å². The Labute approximate surface area is 266 Å². The molecule has 0 unspecified atom stereocenters. The first-order chi connectivity index (χ1) is 18.3. The zero-order valence-electron chi connectivity index (χ0n) is 27.4. The zero-order valence-corrected chi connectivity index (χ0v) is 29.9. The Morgan fingerprint density at radius 1 is 0.375 bits per heavy atom. The van der Waals surface area contributed by atoms with E-state index in [9.17, 15) is 0 Å². The van der Waals surface area contributed by atoms with Crippen molar-refractivity contribution in [1.82, 2.24) is 0 Å². The van der Waals surface area contributed by atoms with Crippen LogP contribution in [0.5, 0.6) is 0 Å². The van der Waals surface area contributed by atoms with Crippen molar-refractivity contribution in [3.63, 3.8) is 0 Å². The van der Waals surface area contributed by atoms with E-state index in [1.54, 1.807) is 0 Å². The minimum absolute atomic E-state index is 0. The first-order valence-electron chi connectivity index (χ1n) is 14.1. The number of hydrogen-bond donors (Lipinski definition) is 0. The summed E-state index contributed by atoms with van der Waals surface area (Å²) < 4.78 is 0. The molecule has 0 aliphatic heterocycles. The van der Waals surface area contributed by atoms with Crippen molar-refractivity contribution in [3.8, 4) is 0 Å². The van der Waals surface area contributed by atoms with Gasteiger partial charge in [-0.3, -0.25) is 0 Å². The van der Waals surface area contributed by atoms with Crippen LogP contribution in [-0.2, 0) is 21.7 Å². The quantitative estimate of drug-likeness (QED) is 0.243. The van der Waals surface area contributed by atoms with Crippen molar-refractivity contribution in [2.75, 3.05) is 20.0 Å². The van der Waals surface area contributed by atoms with Gasteiger partial charge in [-0.2, -0.15) is 0 Å². The summed E-state index contributed by atoms with van der Waals surface area (Å²) in [7, 11) is 0.380. The van der Waals surface area contributed by atoms with Gasteiger partial charge in [-0.05, 0) is 96.7 Å². The summed E-state index contributed by atoms with van der Waals surface area (Å²) in [6, 6.07) is 21.3. The molecule has 212 valence electrons. The van der Waals surface area contributed by atoms with E-state index in [1.807, 2.05) is 0 Å². The molecule has 0 amide bonds. The molecule has 0 saturated heterocycles. The van der Waals surface area contributed by atoms with Gasteiger partial charge >= 0.3 is 0 Å². The molecule has 0 N–H and O–H groups in total. The second-order valence-electron chi connectivity index (χ2n) is 11.5. The van der Waals surface area contributed by atoms with E-state index < -0.39 is 0 Å². The molecule has 2 aromatic rings. The van der Waals surface area contributed by atoms with Crippen molar-refractivity contribution in [3.05, 3.63) is 143 Å². The molecule has 0 atom stereocenters. The third kappa shape index (κ3) is 10.4. The Hall–Kier alpha value is -0.416. The fourth-order valence-corrected chi connectivity index (χ4v) is 4.78. The van der Waals surface area contributed by atoms with Gasteiger partial charge in [0.1, 0.15) is 0 Å². The fourth-order valence-electron chi connectivity index (χ4n) is 4.78. The van der Waals surface area contributed by atoms with Crippen LogP contribution < -0.4 is 0 Å². The predicted octanol–water partition coefficient (Wildman–Crippen LogP) is 10.9. The molecule has 40 heavy (non-hydrogen) atoms. The summed E-state index contributed by atoms with van der Waals surface area (Å²) in [5.41, 5.74) is 2.74. The van der Waals surface area contributed by atoms with Crippen LogP contribution in [0.25, 0.3) is 0 Å². The molecule has 3 saturated carbocycles. The first-order valence-corrected chi connectivity index (χ1v) is 16.8. The van der Waals surface area contributed by atoms with Crippen LogP contribution in [0.2, 0.25) is 0 Å². The van der Waals surface area contributed by atoms with Crippen molar-refractivity contribution in [1.29, 1.82) is 0 Å². The smallest absolute Gasteiger partial charge is 0.0174 e. The first kappa shape index (κ1) is 37.6. The molecule has 3 aliphatic carbocycles. The Bertz CT molecular complexity index is 761. The van der Waals surface area contributed by atoms with E-state index in [0.29, 0.717) is 7.92 Å². The molecule has 12 radical (unpaired) electrons. The summed E-state index contributed by atoms with van der Waals surface area (Å²) in [6.45, 7) is 28.7. The van der Waals surface area contributed by atoms with Crippen LogP contribution in [0, 0.1) is 71.0 Å². The molecular weight excluding hydrogens is 535 g/mol. The summed E-state index contributed by atoms with van der Waals surface area (Å²) in [5.74, 6) is 17.7. The van der Waals surface area contributed by atoms with Gasteiger partial charge in [-0.15, -0.1) is 7.92 Å². The van der Waals surface area contributed by atoms with E-state index in [1.165, 1.54) is 82.1 Å². The van der Waals surface area contributed by atoms with Crippen molar-refractivity contribution in [2.45, 2.75) is 75.7 Å². The molecule has 3 fully saturated rings. The maximum Gasteiger partial charge on any atom is 0.0174 e. The second-order valence-corrected chi connectivity index (χ2v) is 14.1. The Kier molecular flexibility index (Phi) is 16.6. The molecule has 0 heterocycles. The Balaban J connectivity index is 0.000000286. The van der Waals surface area contributed by atoms with E-state index in [2.05, 4.69) is 150 Å². The standard InChI is InChI=1S/C15H12.2C10H15.C3H9P.Ti/c1-3-7-12(8-4-1)14-11-15(14)13-9-5-2-6-10-13;2*1-6-7(2)9(4)10(5)8(6)3;1-4(2)3;/h1-10H,11H2;2*1-5H3;1-3H3;. The molecule has 0 nitrogen and oxygen atoms in total. The van der Waals surface area contributed by atoms with Crippen LogP contribution in [0.1, 0.15) is 86.8 Å².